The minimum absolute atomic E-state index is 0.00107. The molecular weight excluding hydrogens is 1920 g/mol. The van der Waals surface area contributed by atoms with Crippen LogP contribution in [0.1, 0.15) is 240 Å². The Balaban J connectivity index is 0.892. The second kappa shape index (κ2) is 65.7. The molecule has 3 aliphatic heterocycles. The number of Topliss-reactive ketones (excluding diaryl/α,β-unsaturated/α-hetero) is 3. The molecule has 11 amide bonds. The molecule has 0 aliphatic carbocycles. The van der Waals surface area contributed by atoms with Crippen molar-refractivity contribution in [2.75, 3.05) is 84.0 Å². The van der Waals surface area contributed by atoms with Gasteiger partial charge in [0.15, 0.2) is 11.6 Å². The zero-order chi connectivity index (χ0) is 106. The van der Waals surface area contributed by atoms with E-state index in [1.807, 2.05) is 24.3 Å². The Kier molecular flexibility index (Phi) is 53.7. The van der Waals surface area contributed by atoms with Crippen LogP contribution in [0, 0.1) is 17.7 Å². The van der Waals surface area contributed by atoms with Crippen molar-refractivity contribution < 1.29 is 115 Å². The molecule has 0 radical (unpaired) electrons. The monoisotopic (exact) mass is 2070 g/mol. The Morgan fingerprint density at radius 2 is 1.21 bits per heavy atom. The van der Waals surface area contributed by atoms with Crippen LogP contribution >= 0.6 is 23.5 Å². The standard InChI is InChI=1S/C106H149FN14O23S2/c1-4-5-6-7-8-9-10-11-12-13-14-15-16-26-93(126)116-86(104(138)139)38-36-81(122)24-20-46-141-48-50-143-65-95(128)111-44-47-142-49-51-144-66-96(129)113-63-73-29-27-71(28-30-73)54-77-58-91(124)70(2)114-101(135)85(25-17-18-42-108)115-94(127)40-52-145-67-75-22-19-23-76(53-75)68-146-69-90(98(109)132)120-105(140)106(3)41-21-45-121(106)103(137)89(56-72-31-34-82(123)35-32-72)119-100(134)78(55-74-39-43-110-62-74)59-92(125)87(61-97(130)131)117-102(136)88(118-99(77)133)57-79-64-112-84-37-33-80(107)60-83(79)84/h19,22-23,27-35,37,43,53,60,62,64,70,77-78,85-90,112,123H,4-18,20-21,24-26,36,38-42,44-52,54-59,61,63,65-69,108H2,1-3H3,(H2,109,132)(H,111,128)(H,113,129)(H,114,135)(H,115,127)(H,116,126)(H,117,136)(H,118,133)(H,119,134)(H,120,140)(H,130,131)(H,138,139)/t70-,77-,78-,85+,86+,87+,88+,89+,90+,106+/m1/s1. The molecule has 4 heterocycles. The number of carbonyl (C=O) groups excluding carboxylic acids is 14. The molecule has 800 valence electrons. The number of primary amides is 1. The van der Waals surface area contributed by atoms with Crippen molar-refractivity contribution in [3.63, 3.8) is 0 Å². The summed E-state index contributed by atoms with van der Waals surface area (Å²) in [4.78, 5) is 232. The van der Waals surface area contributed by atoms with Gasteiger partial charge in [-0.2, -0.15) is 23.5 Å². The van der Waals surface area contributed by atoms with Crippen molar-refractivity contribution in [2.45, 2.75) is 292 Å². The lowest BCUT2D eigenvalue weighted by molar-refractivity contribution is -0.147. The number of aliphatic imine (C=N–C) groups is 1. The van der Waals surface area contributed by atoms with Gasteiger partial charge in [0.25, 0.3) is 0 Å². The number of nitrogens with zero attached hydrogens (tertiary/aromatic N) is 2. The highest BCUT2D eigenvalue weighted by atomic mass is 32.2. The van der Waals surface area contributed by atoms with Gasteiger partial charge in [-0.3, -0.25) is 76.9 Å². The minimum Gasteiger partial charge on any atom is -0.508 e. The van der Waals surface area contributed by atoms with E-state index in [4.69, 9.17) is 30.4 Å². The number of phenolic OH excluding ortho intramolecular Hbond substituents is 1. The average molecular weight is 2070 g/mol. The van der Waals surface area contributed by atoms with Crippen LogP contribution in [0.2, 0.25) is 0 Å². The SMILES string of the molecule is CCCCCCCCCCCCCCCC(=O)N[C@@H](CCC(=O)CCCOCCOCC(=O)NCCOCCOCC(=O)NCc1ccc(C[C@@H]2CC(=O)[C@@H](C)NC(=O)[C@H](CCCCN)NC(=O)CCSCc3cccc(c3)CSC[C@@H](C(N)=O)NC(=O)[C@]3(C)CCCN3C(=O)[C@H](Cc3ccc(O)cc3)NC(=O)[C@H](CC3=CN=CC3)CC(=O)[C@H](CC(=O)O)NC(=O)[C@H](Cc3c[nH]c4ccc(F)cc34)NC2=O)cc1)C(=O)O. The molecular formula is C106H149FN14O23S2. The number of ketones is 3. The summed E-state index contributed by atoms with van der Waals surface area (Å²) in [5.41, 5.74) is 14.8. The highest BCUT2D eigenvalue weighted by Gasteiger charge is 2.49. The number of allylic oxidation sites excluding steroid dienone is 1. The molecule has 8 rings (SSSR count). The summed E-state index contributed by atoms with van der Waals surface area (Å²) in [6.07, 6.45) is 18.8. The molecule has 0 unspecified atom stereocenters. The fourth-order valence-electron chi connectivity index (χ4n) is 17.4. The number of halogens is 1. The van der Waals surface area contributed by atoms with Crippen LogP contribution in [0.3, 0.4) is 0 Å². The van der Waals surface area contributed by atoms with E-state index in [1.54, 1.807) is 30.5 Å². The molecule has 3 aliphatic rings. The van der Waals surface area contributed by atoms with Gasteiger partial charge in [-0.05, 0) is 154 Å². The Hall–Kier alpha value is -11.8. The van der Waals surface area contributed by atoms with Gasteiger partial charge >= 0.3 is 11.9 Å². The molecule has 2 bridgehead atoms. The van der Waals surface area contributed by atoms with Crippen LogP contribution in [0.5, 0.6) is 5.75 Å². The number of aliphatic carboxylic acids is 2. The number of aromatic amines is 1. The van der Waals surface area contributed by atoms with E-state index in [0.717, 1.165) is 30.4 Å². The van der Waals surface area contributed by atoms with E-state index in [-0.39, 0.29) is 184 Å². The van der Waals surface area contributed by atoms with E-state index < -0.39 is 174 Å². The molecule has 5 aromatic rings. The first kappa shape index (κ1) is 119. The van der Waals surface area contributed by atoms with E-state index in [2.05, 4.69) is 64.8 Å². The third kappa shape index (κ3) is 44.1. The highest BCUT2D eigenvalue weighted by molar-refractivity contribution is 7.98. The number of rotatable bonds is 53. The number of fused-ring (bicyclic) bond motifs is 4. The summed E-state index contributed by atoms with van der Waals surface area (Å²) in [7, 11) is 0. The van der Waals surface area contributed by atoms with Gasteiger partial charge in [0, 0.05) is 148 Å². The number of hydrogen-bond donors (Lipinski definition) is 15. The number of aromatic hydroxyl groups is 1. The van der Waals surface area contributed by atoms with Gasteiger partial charge in [0.2, 0.25) is 65.0 Å². The number of hydrogen-bond acceptors (Lipinski definition) is 25. The zero-order valence-corrected chi connectivity index (χ0v) is 85.9. The van der Waals surface area contributed by atoms with Crippen molar-refractivity contribution in [1.82, 2.24) is 57.7 Å². The van der Waals surface area contributed by atoms with E-state index >= 15 is 28.4 Å². The smallest absolute Gasteiger partial charge is 0.326 e. The number of benzene rings is 4. The van der Waals surface area contributed by atoms with Crippen molar-refractivity contribution in [3.05, 3.63) is 148 Å². The molecule has 37 nitrogen and oxygen atoms in total. The molecule has 4 aromatic carbocycles. The van der Waals surface area contributed by atoms with Crippen LogP contribution < -0.4 is 59.3 Å². The van der Waals surface area contributed by atoms with Gasteiger partial charge in [-0.1, -0.05) is 145 Å². The molecule has 0 saturated carbocycles. The molecule has 146 heavy (non-hydrogen) atoms. The Labute approximate surface area is 861 Å². The van der Waals surface area contributed by atoms with Crippen LogP contribution in [-0.2, 0) is 133 Å². The summed E-state index contributed by atoms with van der Waals surface area (Å²) in [5, 5.41) is 55.4. The number of H-pyrrole nitrogens is 1. The van der Waals surface area contributed by atoms with Crippen LogP contribution in [-0.4, -0.2) is 258 Å². The number of carbonyl (C=O) groups is 16. The molecule has 40 heteroatoms. The first-order chi connectivity index (χ1) is 70.3. The lowest BCUT2D eigenvalue weighted by atomic mass is 9.89. The van der Waals surface area contributed by atoms with Crippen LogP contribution in [0.4, 0.5) is 4.39 Å². The topological polar surface area (TPSA) is 562 Å². The normalized spacial score (nSPS) is 20.4. The highest BCUT2D eigenvalue weighted by Crippen LogP contribution is 2.33. The Morgan fingerprint density at radius 3 is 1.87 bits per heavy atom. The van der Waals surface area contributed by atoms with Crippen LogP contribution in [0.25, 0.3) is 10.9 Å². The minimum atomic E-state index is -1.94. The third-order valence-corrected chi connectivity index (χ3v) is 28.0. The number of carboxylic acid groups (broad SMARTS) is 2. The maximum atomic E-state index is 15.5. The van der Waals surface area contributed by atoms with Crippen molar-refractivity contribution in [1.29, 1.82) is 0 Å². The second-order valence-corrected chi connectivity index (χ2v) is 39.9. The van der Waals surface area contributed by atoms with E-state index in [9.17, 15) is 68.1 Å². The average Bonchev–Trinajstić information content (AvgIpc) is 1.62. The Bertz CT molecular complexity index is 5160. The first-order valence-electron chi connectivity index (χ1n) is 51.1. The number of amides is 11. The number of nitrogens with one attached hydrogen (secondary N) is 10. The van der Waals surface area contributed by atoms with Gasteiger partial charge in [0.05, 0.1) is 51.5 Å². The number of unbranched alkanes of at least 4 members (excludes halogenated alkanes) is 13. The van der Waals surface area contributed by atoms with Crippen LogP contribution in [0.15, 0.2) is 114 Å². The second-order valence-electron chi connectivity index (χ2n) is 37.8. The van der Waals surface area contributed by atoms with Gasteiger partial charge in [0.1, 0.15) is 66.3 Å². The zero-order valence-electron chi connectivity index (χ0n) is 84.3. The summed E-state index contributed by atoms with van der Waals surface area (Å²) in [5.74, 6) is -14.4. The van der Waals surface area contributed by atoms with Gasteiger partial charge in [-0.15, -0.1) is 0 Å². The maximum Gasteiger partial charge on any atom is 0.326 e. The molecule has 0 spiro atoms. The number of ether oxygens (including phenoxy) is 4. The predicted octanol–water partition coefficient (Wildman–Crippen LogP) is 8.89. The molecule has 1 saturated heterocycles. The fourth-order valence-corrected chi connectivity index (χ4v) is 19.3. The van der Waals surface area contributed by atoms with Gasteiger partial charge < -0.3 is 103 Å². The lowest BCUT2D eigenvalue weighted by Crippen LogP contribution is -2.62. The molecule has 17 N–H and O–H groups in total. The van der Waals surface area contributed by atoms with Crippen molar-refractivity contribution in [2.24, 2.45) is 28.3 Å². The number of aromatic nitrogens is 1. The first-order valence-corrected chi connectivity index (χ1v) is 53.4. The lowest BCUT2D eigenvalue weighted by Gasteiger charge is -2.37. The molecule has 1 aromatic heterocycles. The van der Waals surface area contributed by atoms with E-state index in [0.29, 0.717) is 77.1 Å². The predicted molar refractivity (Wildman–Crippen MR) is 552 cm³/mol. The van der Waals surface area contributed by atoms with E-state index in [1.165, 1.54) is 155 Å². The number of carboxylic acids is 2. The van der Waals surface area contributed by atoms with Gasteiger partial charge in [-0.25, -0.2) is 9.18 Å². The molecule has 1 fully saturated rings. The summed E-state index contributed by atoms with van der Waals surface area (Å²) < 4.78 is 37.3. The fraction of sp³-hybridized carbons (Fsp3) is 0.575. The number of phenols is 1. The van der Waals surface area contributed by atoms with Crippen molar-refractivity contribution in [3.8, 4) is 5.75 Å². The maximum absolute atomic E-state index is 15.5. The largest absolute Gasteiger partial charge is 0.508 e. The van der Waals surface area contributed by atoms with Crippen molar-refractivity contribution >= 4 is 135 Å². The Morgan fingerprint density at radius 1 is 0.603 bits per heavy atom. The third-order valence-electron chi connectivity index (χ3n) is 25.9. The quantitative estimate of drug-likeness (QED) is 0.0161. The summed E-state index contributed by atoms with van der Waals surface area (Å²) >= 11 is 2.79. The summed E-state index contributed by atoms with van der Waals surface area (Å²) in [6, 6.07) is 13.9. The number of thioether (sulfide) groups is 2. The number of nitrogens with two attached hydrogens (primary N) is 2. The summed E-state index contributed by atoms with van der Waals surface area (Å²) in [6.45, 7) is 5.77. The molecule has 10 atom stereocenters.